The van der Waals surface area contributed by atoms with E-state index in [0.717, 1.165) is 116 Å². The maximum atomic E-state index is 12.8. The molecule has 0 aliphatic heterocycles. The molecular weight excluding hydrogens is 918 g/mol. The average Bonchev–Trinajstić information content (AvgIpc) is 3.34. The fourth-order valence-electron chi connectivity index (χ4n) is 6.93. The number of phosphoric acid groups is 1. The first-order valence-electron chi connectivity index (χ1n) is 27.9. The molecule has 0 amide bonds. The highest BCUT2D eigenvalue weighted by atomic mass is 31.2. The largest absolute Gasteiger partial charge is 0.472 e. The monoisotopic (exact) mass is 1020 g/mol. The van der Waals surface area contributed by atoms with Crippen LogP contribution in [0, 0.1) is 0 Å². The number of phosphoric ester groups is 1. The van der Waals surface area contributed by atoms with Crippen LogP contribution in [-0.2, 0) is 32.7 Å². The Kier molecular flexibility index (Phi) is 49.2. The van der Waals surface area contributed by atoms with Gasteiger partial charge >= 0.3 is 19.8 Å². The zero-order valence-electron chi connectivity index (χ0n) is 46.1. The second-order valence-corrected chi connectivity index (χ2v) is 20.7. The number of unbranched alkanes of at least 4 members (excludes halogenated alkanes) is 13. The van der Waals surface area contributed by atoms with Crippen molar-refractivity contribution < 1.29 is 42.1 Å². The predicted molar refractivity (Wildman–Crippen MR) is 307 cm³/mol. The number of rotatable bonds is 49. The van der Waals surface area contributed by atoms with Crippen LogP contribution in [0.1, 0.15) is 194 Å². The molecule has 0 aliphatic carbocycles. The van der Waals surface area contributed by atoms with Crippen LogP contribution in [0.4, 0.5) is 0 Å². The van der Waals surface area contributed by atoms with E-state index in [4.69, 9.17) is 18.5 Å². The summed E-state index contributed by atoms with van der Waals surface area (Å²) < 4.78 is 34.5. The van der Waals surface area contributed by atoms with Gasteiger partial charge in [0.05, 0.1) is 27.7 Å². The number of ether oxygens (including phenoxy) is 2. The third kappa shape index (κ3) is 55.5. The van der Waals surface area contributed by atoms with Crippen LogP contribution < -0.4 is 0 Å². The van der Waals surface area contributed by atoms with Crippen molar-refractivity contribution >= 4 is 19.8 Å². The molecule has 0 aromatic rings. The fourth-order valence-corrected chi connectivity index (χ4v) is 7.67. The molecule has 408 valence electrons. The van der Waals surface area contributed by atoms with E-state index in [-0.39, 0.29) is 32.0 Å². The molecule has 0 aromatic heterocycles. The molecule has 0 saturated carbocycles. The summed E-state index contributed by atoms with van der Waals surface area (Å²) >= 11 is 0. The number of allylic oxidation sites excluding steroid dienone is 22. The van der Waals surface area contributed by atoms with Crippen LogP contribution in [0.25, 0.3) is 0 Å². The highest BCUT2D eigenvalue weighted by Crippen LogP contribution is 2.43. The van der Waals surface area contributed by atoms with Gasteiger partial charge < -0.3 is 18.9 Å². The summed E-state index contributed by atoms with van der Waals surface area (Å²) in [6, 6.07) is 0. The summed E-state index contributed by atoms with van der Waals surface area (Å²) in [5, 5.41) is 0. The predicted octanol–water partition coefficient (Wildman–Crippen LogP) is 17.4. The summed E-state index contributed by atoms with van der Waals surface area (Å²) in [4.78, 5) is 35.6. The maximum Gasteiger partial charge on any atom is 0.472 e. The standard InChI is InChI=1S/C62H102NO8P/c1-6-8-10-12-14-16-18-20-22-24-26-28-29-30-31-32-33-35-36-38-40-42-44-46-48-50-52-54-61(64)68-58-60(59-70-72(66,67)69-57-56-63(3,4)5)71-62(65)55-53-51-49-47-45-43-41-39-37-34-27-25-23-21-19-17-15-13-11-9-7-2/h8-11,14-17,20-23,26-28,30-31,34,39,41,45,47,60H,6-7,12-13,18-19,24-25,29,32-33,35-38,40,42-44,46,48-59H2,1-5H3/p+1/b10-8-,11-9-,16-14-,17-15-,22-20-,23-21-,28-26-,31-30-,34-27-,41-39-,47-45-. The highest BCUT2D eigenvalue weighted by molar-refractivity contribution is 7.47. The lowest BCUT2D eigenvalue weighted by Gasteiger charge is -2.24. The molecule has 0 radical (unpaired) electrons. The average molecular weight is 1020 g/mol. The van der Waals surface area contributed by atoms with Gasteiger partial charge in [0.15, 0.2) is 6.10 Å². The SMILES string of the molecule is CC/C=C\C/C=C\C/C=C\C/C=C\C/C=C\C/C=C\CCCCC(=O)OC(COC(=O)CCCCCCCCCCCCC/C=C\C/C=C\C/C=C\C/C=C\C/C=C\CC)COP(=O)(O)OCC[N+](C)(C)C. The van der Waals surface area contributed by atoms with Crippen LogP contribution in [0.2, 0.25) is 0 Å². The van der Waals surface area contributed by atoms with Crippen LogP contribution in [0.15, 0.2) is 134 Å². The number of esters is 2. The third-order valence-corrected chi connectivity index (χ3v) is 12.2. The minimum absolute atomic E-state index is 0.0148. The first kappa shape index (κ1) is 68.2. The number of carbonyl (C=O) groups excluding carboxylic acids is 2. The van der Waals surface area contributed by atoms with Crippen LogP contribution in [-0.4, -0.2) is 74.9 Å². The topological polar surface area (TPSA) is 108 Å². The Labute approximate surface area is 441 Å². The molecule has 0 saturated heterocycles. The Morgan fingerprint density at radius 3 is 1.14 bits per heavy atom. The van der Waals surface area contributed by atoms with Gasteiger partial charge in [-0.25, -0.2) is 4.57 Å². The van der Waals surface area contributed by atoms with Gasteiger partial charge in [0.1, 0.15) is 19.8 Å². The molecule has 0 aromatic carbocycles. The Morgan fingerprint density at radius 2 is 0.750 bits per heavy atom. The molecule has 9 nitrogen and oxygen atoms in total. The molecule has 2 unspecified atom stereocenters. The Hall–Kier alpha value is -3.85. The summed E-state index contributed by atoms with van der Waals surface area (Å²) in [5.41, 5.74) is 0. The van der Waals surface area contributed by atoms with Crippen LogP contribution in [0.5, 0.6) is 0 Å². The lowest BCUT2D eigenvalue weighted by Crippen LogP contribution is -2.37. The second-order valence-electron chi connectivity index (χ2n) is 19.2. The summed E-state index contributed by atoms with van der Waals surface area (Å²) in [6.07, 6.45) is 75.2. The minimum atomic E-state index is -4.41. The van der Waals surface area contributed by atoms with E-state index < -0.39 is 26.5 Å². The van der Waals surface area contributed by atoms with E-state index in [9.17, 15) is 19.0 Å². The van der Waals surface area contributed by atoms with E-state index in [1.54, 1.807) is 0 Å². The van der Waals surface area contributed by atoms with Crippen molar-refractivity contribution in [3.8, 4) is 0 Å². The van der Waals surface area contributed by atoms with Crippen molar-refractivity contribution in [1.82, 2.24) is 0 Å². The Morgan fingerprint density at radius 1 is 0.431 bits per heavy atom. The summed E-state index contributed by atoms with van der Waals surface area (Å²) in [7, 11) is 1.42. The molecule has 72 heavy (non-hydrogen) atoms. The van der Waals surface area contributed by atoms with Crippen molar-refractivity contribution in [2.24, 2.45) is 0 Å². The molecule has 2 atom stereocenters. The molecule has 0 rings (SSSR count). The molecule has 0 heterocycles. The molecule has 0 spiro atoms. The van der Waals surface area contributed by atoms with E-state index in [1.807, 2.05) is 21.1 Å². The summed E-state index contributed by atoms with van der Waals surface area (Å²) in [5.74, 6) is -0.862. The van der Waals surface area contributed by atoms with Crippen molar-refractivity contribution in [2.45, 2.75) is 200 Å². The molecule has 0 fully saturated rings. The maximum absolute atomic E-state index is 12.8. The smallest absolute Gasteiger partial charge is 0.462 e. The number of hydrogen-bond donors (Lipinski definition) is 1. The number of nitrogens with zero attached hydrogens (tertiary/aromatic N) is 1. The van der Waals surface area contributed by atoms with Crippen molar-refractivity contribution in [1.29, 1.82) is 0 Å². The third-order valence-electron chi connectivity index (χ3n) is 11.2. The minimum Gasteiger partial charge on any atom is -0.462 e. The number of likely N-dealkylation sites (N-methyl/N-ethyl adjacent to an activating group) is 1. The van der Waals surface area contributed by atoms with Gasteiger partial charge in [-0.2, -0.15) is 0 Å². The highest BCUT2D eigenvalue weighted by Gasteiger charge is 2.27. The normalized spacial score (nSPS) is 14.4. The van der Waals surface area contributed by atoms with Gasteiger partial charge in [-0.05, 0) is 109 Å². The van der Waals surface area contributed by atoms with E-state index in [2.05, 4.69) is 148 Å². The van der Waals surface area contributed by atoms with Gasteiger partial charge in [0, 0.05) is 12.8 Å². The fraction of sp³-hybridized carbons (Fsp3) is 0.613. The number of carbonyl (C=O) groups is 2. The molecule has 0 bridgehead atoms. The van der Waals surface area contributed by atoms with Crippen LogP contribution in [0.3, 0.4) is 0 Å². The number of quaternary nitrogens is 1. The van der Waals surface area contributed by atoms with Gasteiger partial charge in [-0.1, -0.05) is 205 Å². The van der Waals surface area contributed by atoms with Gasteiger partial charge in [0.2, 0.25) is 0 Å². The van der Waals surface area contributed by atoms with Crippen molar-refractivity contribution in [3.63, 3.8) is 0 Å². The van der Waals surface area contributed by atoms with E-state index >= 15 is 0 Å². The van der Waals surface area contributed by atoms with Crippen LogP contribution >= 0.6 is 7.82 Å². The molecule has 1 N–H and O–H groups in total. The lowest BCUT2D eigenvalue weighted by atomic mass is 10.0. The summed E-state index contributed by atoms with van der Waals surface area (Å²) in [6.45, 7) is 4.13. The molecule has 0 aliphatic rings. The second kappa shape index (κ2) is 52.0. The van der Waals surface area contributed by atoms with Gasteiger partial charge in [-0.3, -0.25) is 18.6 Å². The van der Waals surface area contributed by atoms with E-state index in [0.29, 0.717) is 17.4 Å². The Bertz CT molecular complexity index is 1670. The molecular formula is C62H103NO8P+. The van der Waals surface area contributed by atoms with Crippen molar-refractivity contribution in [3.05, 3.63) is 134 Å². The first-order valence-corrected chi connectivity index (χ1v) is 29.4. The van der Waals surface area contributed by atoms with Crippen molar-refractivity contribution in [2.75, 3.05) is 47.5 Å². The number of hydrogen-bond acceptors (Lipinski definition) is 7. The van der Waals surface area contributed by atoms with Gasteiger partial charge in [0.25, 0.3) is 0 Å². The zero-order chi connectivity index (χ0) is 52.7. The zero-order valence-corrected chi connectivity index (χ0v) is 47.0. The Balaban J connectivity index is 4.29. The van der Waals surface area contributed by atoms with E-state index in [1.165, 1.54) is 44.9 Å². The quantitative estimate of drug-likeness (QED) is 0.0211. The first-order chi connectivity index (χ1) is 35.0. The van der Waals surface area contributed by atoms with Gasteiger partial charge in [-0.15, -0.1) is 0 Å². The lowest BCUT2D eigenvalue weighted by molar-refractivity contribution is -0.870. The molecule has 10 heteroatoms.